The maximum atomic E-state index is 12.8. The number of nitrogens with one attached hydrogen (secondary N) is 1. The van der Waals surface area contributed by atoms with Gasteiger partial charge in [-0.3, -0.25) is 0 Å². The second-order valence-corrected chi connectivity index (χ2v) is 3.67. The van der Waals surface area contributed by atoms with Crippen LogP contribution in [0, 0.1) is 11.6 Å². The summed E-state index contributed by atoms with van der Waals surface area (Å²) in [5.74, 6) is -1.10. The van der Waals surface area contributed by atoms with Gasteiger partial charge in [0.2, 0.25) is 0 Å². The molecule has 0 radical (unpaired) electrons. The summed E-state index contributed by atoms with van der Waals surface area (Å²) in [6.45, 7) is 4.77. The minimum absolute atomic E-state index is 0.402. The molecule has 0 bridgehead atoms. The molecule has 1 aromatic rings. The molecule has 0 unspecified atom stereocenters. The minimum Gasteiger partial charge on any atom is -0.311 e. The van der Waals surface area contributed by atoms with Gasteiger partial charge in [0.25, 0.3) is 0 Å². The van der Waals surface area contributed by atoms with E-state index in [9.17, 15) is 8.78 Å². The van der Waals surface area contributed by atoms with Gasteiger partial charge in [-0.1, -0.05) is 26.0 Å². The first-order chi connectivity index (χ1) is 7.08. The molecule has 0 amide bonds. The normalized spacial score (nSPS) is 11.5. The lowest BCUT2D eigenvalue weighted by Gasteiger charge is -2.03. The first-order valence-corrected chi connectivity index (χ1v) is 4.94. The van der Waals surface area contributed by atoms with Crippen LogP contribution in [0.2, 0.25) is 0 Å². The SMILES string of the molecule is CC(C)NC/C=C/c1cc(F)cc(F)c1. The van der Waals surface area contributed by atoms with E-state index in [1.165, 1.54) is 12.1 Å². The molecule has 1 rings (SSSR count). The Labute approximate surface area is 88.8 Å². The molecule has 15 heavy (non-hydrogen) atoms. The molecule has 0 heterocycles. The molecule has 82 valence electrons. The van der Waals surface area contributed by atoms with Crippen LogP contribution in [0.15, 0.2) is 24.3 Å². The zero-order valence-electron chi connectivity index (χ0n) is 8.93. The maximum absolute atomic E-state index is 12.8. The average Bonchev–Trinajstić information content (AvgIpc) is 2.10. The Morgan fingerprint density at radius 1 is 1.20 bits per heavy atom. The monoisotopic (exact) mass is 211 g/mol. The molecule has 3 heteroatoms. The van der Waals surface area contributed by atoms with Crippen molar-refractivity contribution in [1.82, 2.24) is 5.32 Å². The van der Waals surface area contributed by atoms with Gasteiger partial charge >= 0.3 is 0 Å². The lowest BCUT2D eigenvalue weighted by molar-refractivity contribution is 0.583. The number of hydrogen-bond donors (Lipinski definition) is 1. The van der Waals surface area contributed by atoms with E-state index in [-0.39, 0.29) is 0 Å². The highest BCUT2D eigenvalue weighted by Gasteiger charge is 1.96. The Morgan fingerprint density at radius 2 is 1.80 bits per heavy atom. The van der Waals surface area contributed by atoms with E-state index in [1.54, 1.807) is 6.08 Å². The Hall–Kier alpha value is -1.22. The van der Waals surface area contributed by atoms with E-state index in [1.807, 2.05) is 19.9 Å². The second-order valence-electron chi connectivity index (χ2n) is 3.67. The fraction of sp³-hybridized carbons (Fsp3) is 0.333. The lowest BCUT2D eigenvalue weighted by atomic mass is 10.2. The van der Waals surface area contributed by atoms with Crippen LogP contribution in [0.3, 0.4) is 0 Å². The van der Waals surface area contributed by atoms with Crippen LogP contribution < -0.4 is 5.32 Å². The van der Waals surface area contributed by atoms with Crippen molar-refractivity contribution in [2.75, 3.05) is 6.54 Å². The quantitative estimate of drug-likeness (QED) is 0.807. The second kappa shape index (κ2) is 5.61. The predicted octanol–water partition coefficient (Wildman–Crippen LogP) is 2.98. The van der Waals surface area contributed by atoms with Gasteiger partial charge in [-0.05, 0) is 17.7 Å². The van der Waals surface area contributed by atoms with Crippen LogP contribution in [-0.4, -0.2) is 12.6 Å². The molecule has 0 aromatic heterocycles. The summed E-state index contributed by atoms with van der Waals surface area (Å²) in [6, 6.07) is 3.87. The minimum atomic E-state index is -0.550. The van der Waals surface area contributed by atoms with Crippen molar-refractivity contribution in [3.8, 4) is 0 Å². The molecular formula is C12H15F2N. The van der Waals surface area contributed by atoms with Crippen molar-refractivity contribution in [3.63, 3.8) is 0 Å². The topological polar surface area (TPSA) is 12.0 Å². The molecule has 0 fully saturated rings. The molecule has 0 aliphatic heterocycles. The third-order valence-corrected chi connectivity index (χ3v) is 1.84. The fourth-order valence-electron chi connectivity index (χ4n) is 1.17. The summed E-state index contributed by atoms with van der Waals surface area (Å²) in [5, 5.41) is 3.17. The summed E-state index contributed by atoms with van der Waals surface area (Å²) in [6.07, 6.45) is 3.54. The number of hydrogen-bond acceptors (Lipinski definition) is 1. The van der Waals surface area contributed by atoms with Crippen LogP contribution in [0.25, 0.3) is 6.08 Å². The van der Waals surface area contributed by atoms with Crippen molar-refractivity contribution >= 4 is 6.08 Å². The molecule has 0 saturated heterocycles. The van der Waals surface area contributed by atoms with Gasteiger partial charge in [0.1, 0.15) is 11.6 Å². The Kier molecular flexibility index (Phi) is 4.43. The largest absolute Gasteiger partial charge is 0.311 e. The van der Waals surface area contributed by atoms with E-state index < -0.39 is 11.6 Å². The summed E-state index contributed by atoms with van der Waals surface area (Å²) in [5.41, 5.74) is 0.540. The van der Waals surface area contributed by atoms with E-state index in [4.69, 9.17) is 0 Å². The molecule has 0 aliphatic rings. The Morgan fingerprint density at radius 3 is 2.33 bits per heavy atom. The lowest BCUT2D eigenvalue weighted by Crippen LogP contribution is -2.22. The van der Waals surface area contributed by atoms with E-state index in [2.05, 4.69) is 5.32 Å². The zero-order valence-corrected chi connectivity index (χ0v) is 8.93. The molecule has 0 spiro atoms. The standard InChI is InChI=1S/C12H15F2N/c1-9(2)15-5-3-4-10-6-11(13)8-12(14)7-10/h3-4,6-9,15H,5H2,1-2H3/b4-3+. The molecule has 0 saturated carbocycles. The van der Waals surface area contributed by atoms with Crippen molar-refractivity contribution in [3.05, 3.63) is 41.5 Å². The van der Waals surface area contributed by atoms with Crippen LogP contribution in [0.5, 0.6) is 0 Å². The van der Waals surface area contributed by atoms with E-state index in [0.717, 1.165) is 6.07 Å². The highest BCUT2D eigenvalue weighted by molar-refractivity contribution is 5.49. The summed E-state index contributed by atoms with van der Waals surface area (Å²) in [7, 11) is 0. The van der Waals surface area contributed by atoms with Gasteiger partial charge in [0, 0.05) is 18.7 Å². The molecule has 0 atom stereocenters. The first kappa shape index (κ1) is 11.9. The van der Waals surface area contributed by atoms with Gasteiger partial charge < -0.3 is 5.32 Å². The van der Waals surface area contributed by atoms with Crippen molar-refractivity contribution in [2.45, 2.75) is 19.9 Å². The van der Waals surface area contributed by atoms with Crippen LogP contribution in [-0.2, 0) is 0 Å². The van der Waals surface area contributed by atoms with Gasteiger partial charge in [-0.25, -0.2) is 8.78 Å². The maximum Gasteiger partial charge on any atom is 0.126 e. The molecule has 0 aliphatic carbocycles. The molecule has 1 N–H and O–H groups in total. The van der Waals surface area contributed by atoms with Crippen LogP contribution >= 0.6 is 0 Å². The van der Waals surface area contributed by atoms with Gasteiger partial charge in [-0.2, -0.15) is 0 Å². The van der Waals surface area contributed by atoms with Crippen LogP contribution in [0.4, 0.5) is 8.78 Å². The van der Waals surface area contributed by atoms with Gasteiger partial charge in [0.15, 0.2) is 0 Å². The predicted molar refractivity (Wildman–Crippen MR) is 58.5 cm³/mol. The van der Waals surface area contributed by atoms with Crippen molar-refractivity contribution in [2.24, 2.45) is 0 Å². The highest BCUT2D eigenvalue weighted by atomic mass is 19.1. The van der Waals surface area contributed by atoms with Crippen molar-refractivity contribution < 1.29 is 8.78 Å². The molecule has 1 aromatic carbocycles. The first-order valence-electron chi connectivity index (χ1n) is 4.94. The molecule has 1 nitrogen and oxygen atoms in total. The summed E-state index contributed by atoms with van der Waals surface area (Å²) >= 11 is 0. The number of halogens is 2. The van der Waals surface area contributed by atoms with E-state index >= 15 is 0 Å². The van der Waals surface area contributed by atoms with Crippen LogP contribution in [0.1, 0.15) is 19.4 Å². The van der Waals surface area contributed by atoms with Crippen molar-refractivity contribution in [1.29, 1.82) is 0 Å². The number of rotatable bonds is 4. The number of benzene rings is 1. The zero-order chi connectivity index (χ0) is 11.3. The summed E-state index contributed by atoms with van der Waals surface area (Å²) in [4.78, 5) is 0. The van der Waals surface area contributed by atoms with Gasteiger partial charge in [0.05, 0.1) is 0 Å². The Bertz CT molecular complexity index is 325. The average molecular weight is 211 g/mol. The fourth-order valence-corrected chi connectivity index (χ4v) is 1.17. The third-order valence-electron chi connectivity index (χ3n) is 1.84. The summed E-state index contributed by atoms with van der Waals surface area (Å²) < 4.78 is 25.6. The Balaban J connectivity index is 2.56. The smallest absolute Gasteiger partial charge is 0.126 e. The molecular weight excluding hydrogens is 196 g/mol. The van der Waals surface area contributed by atoms with Gasteiger partial charge in [-0.15, -0.1) is 0 Å². The highest BCUT2D eigenvalue weighted by Crippen LogP contribution is 2.09. The van der Waals surface area contributed by atoms with E-state index in [0.29, 0.717) is 18.2 Å². The third kappa shape index (κ3) is 4.70.